The van der Waals surface area contributed by atoms with Gasteiger partial charge in [-0.1, -0.05) is 6.07 Å². The van der Waals surface area contributed by atoms with E-state index in [0.717, 1.165) is 0 Å². The van der Waals surface area contributed by atoms with Crippen molar-refractivity contribution in [2.24, 2.45) is 0 Å². The van der Waals surface area contributed by atoms with Gasteiger partial charge >= 0.3 is 0 Å². The molecular weight excluding hydrogens is 259 g/mol. The summed E-state index contributed by atoms with van der Waals surface area (Å²) in [4.78, 5) is 3.92. The summed E-state index contributed by atoms with van der Waals surface area (Å²) in [6.07, 6.45) is 0.659. The highest BCUT2D eigenvalue weighted by Gasteiger charge is 2.10. The number of aliphatic hydroxyl groups is 1. The van der Waals surface area contributed by atoms with Crippen molar-refractivity contribution in [2.75, 3.05) is 0 Å². The molecule has 0 bridgehead atoms. The molecule has 20 heavy (non-hydrogen) atoms. The fourth-order valence-electron chi connectivity index (χ4n) is 1.75. The number of nitriles is 1. The molecule has 0 radical (unpaired) electrons. The van der Waals surface area contributed by atoms with Crippen LogP contribution in [0.25, 0.3) is 0 Å². The summed E-state index contributed by atoms with van der Waals surface area (Å²) in [6.45, 7) is 1.62. The molecule has 1 N–H and O–H groups in total. The molecule has 2 aromatic rings. The van der Waals surface area contributed by atoms with Crippen LogP contribution < -0.4 is 4.74 Å². The Morgan fingerprint density at radius 3 is 2.90 bits per heavy atom. The summed E-state index contributed by atoms with van der Waals surface area (Å²) in [6, 6.07) is 9.67. The number of ether oxygens (including phenoxy) is 1. The van der Waals surface area contributed by atoms with Gasteiger partial charge < -0.3 is 9.84 Å². The fraction of sp³-hybridized carbons (Fsp3) is 0.200. The summed E-state index contributed by atoms with van der Waals surface area (Å²) in [7, 11) is 0. The van der Waals surface area contributed by atoms with Gasteiger partial charge in [-0.15, -0.1) is 0 Å². The van der Waals surface area contributed by atoms with Gasteiger partial charge in [0.15, 0.2) is 0 Å². The van der Waals surface area contributed by atoms with E-state index in [4.69, 9.17) is 10.00 Å². The van der Waals surface area contributed by atoms with Crippen LogP contribution in [-0.2, 0) is 6.61 Å². The van der Waals surface area contributed by atoms with Gasteiger partial charge in [0.1, 0.15) is 29.9 Å². The van der Waals surface area contributed by atoms with Gasteiger partial charge in [0, 0.05) is 23.4 Å². The molecule has 1 heterocycles. The molecule has 0 aliphatic heterocycles. The third-order valence-electron chi connectivity index (χ3n) is 2.81. The van der Waals surface area contributed by atoms with Crippen LogP contribution in [0.4, 0.5) is 4.39 Å². The van der Waals surface area contributed by atoms with E-state index >= 15 is 0 Å². The van der Waals surface area contributed by atoms with E-state index in [1.165, 1.54) is 25.3 Å². The summed E-state index contributed by atoms with van der Waals surface area (Å²) in [5.41, 5.74) is 1.14. The Labute approximate surface area is 116 Å². The first kappa shape index (κ1) is 14.0. The lowest BCUT2D eigenvalue weighted by Crippen LogP contribution is -2.01. The molecule has 1 aromatic heterocycles. The van der Waals surface area contributed by atoms with Gasteiger partial charge in [0.05, 0.1) is 6.10 Å². The predicted molar refractivity (Wildman–Crippen MR) is 70.3 cm³/mol. The molecule has 1 atom stereocenters. The lowest BCUT2D eigenvalue weighted by atomic mass is 10.1. The quantitative estimate of drug-likeness (QED) is 0.929. The molecule has 0 fully saturated rings. The summed E-state index contributed by atoms with van der Waals surface area (Å²) in [5, 5.41) is 18.2. The molecule has 0 aliphatic rings. The molecule has 0 amide bonds. The Balaban J connectivity index is 2.12. The van der Waals surface area contributed by atoms with Crippen molar-refractivity contribution in [1.29, 1.82) is 5.26 Å². The number of aromatic nitrogens is 1. The van der Waals surface area contributed by atoms with Gasteiger partial charge in [-0.05, 0) is 25.1 Å². The molecule has 0 saturated carbocycles. The fourth-order valence-corrected chi connectivity index (χ4v) is 1.75. The number of nitrogens with zero attached hydrogens (tertiary/aromatic N) is 2. The van der Waals surface area contributed by atoms with Crippen LogP contribution in [-0.4, -0.2) is 10.1 Å². The van der Waals surface area contributed by atoms with Crippen molar-refractivity contribution in [1.82, 2.24) is 4.98 Å². The molecule has 0 unspecified atom stereocenters. The van der Waals surface area contributed by atoms with E-state index in [9.17, 15) is 9.50 Å². The maximum absolute atomic E-state index is 13.7. The number of aliphatic hydroxyl groups excluding tert-OH is 1. The molecule has 0 saturated heterocycles. The minimum atomic E-state index is -0.868. The molecule has 102 valence electrons. The Bertz CT molecular complexity index is 651. The van der Waals surface area contributed by atoms with E-state index in [1.54, 1.807) is 18.2 Å². The first-order valence-corrected chi connectivity index (χ1v) is 6.06. The molecule has 0 spiro atoms. The number of hydrogen-bond acceptors (Lipinski definition) is 4. The Morgan fingerprint density at radius 2 is 2.25 bits per heavy atom. The number of halogens is 1. The normalized spacial score (nSPS) is 11.7. The van der Waals surface area contributed by atoms with E-state index in [1.807, 2.05) is 6.07 Å². The first-order chi connectivity index (χ1) is 9.61. The Hall–Kier alpha value is -2.45. The predicted octanol–water partition coefficient (Wildman–Crippen LogP) is 2.72. The summed E-state index contributed by atoms with van der Waals surface area (Å²) < 4.78 is 19.1. The average molecular weight is 272 g/mol. The van der Waals surface area contributed by atoms with Crippen LogP contribution in [0.2, 0.25) is 0 Å². The maximum atomic E-state index is 13.7. The second-order valence-electron chi connectivity index (χ2n) is 4.27. The third kappa shape index (κ3) is 3.11. The average Bonchev–Trinajstić information content (AvgIpc) is 2.45. The van der Waals surface area contributed by atoms with Crippen LogP contribution in [0.3, 0.4) is 0 Å². The van der Waals surface area contributed by atoms with Gasteiger partial charge in [-0.25, -0.2) is 9.37 Å². The second-order valence-corrected chi connectivity index (χ2v) is 4.27. The number of benzene rings is 1. The largest absolute Gasteiger partial charge is 0.489 e. The van der Waals surface area contributed by atoms with Crippen LogP contribution in [0.1, 0.15) is 29.8 Å². The molecule has 0 aliphatic carbocycles. The standard InChI is InChI=1S/C15H13FN2O2/c1-10(19)13-5-4-12(7-14(13)16)20-9-11-3-2-6-18-15(11)8-17/h2-7,10,19H,9H2,1H3/t10-/m1/s1. The van der Waals surface area contributed by atoms with Gasteiger partial charge in [-0.2, -0.15) is 5.26 Å². The van der Waals surface area contributed by atoms with E-state index in [2.05, 4.69) is 4.98 Å². The molecule has 4 nitrogen and oxygen atoms in total. The zero-order valence-electron chi connectivity index (χ0n) is 10.9. The number of hydrogen-bond donors (Lipinski definition) is 1. The lowest BCUT2D eigenvalue weighted by Gasteiger charge is -2.10. The summed E-state index contributed by atoms with van der Waals surface area (Å²) in [5.74, 6) is -0.191. The van der Waals surface area contributed by atoms with Crippen molar-refractivity contribution in [2.45, 2.75) is 19.6 Å². The molecular formula is C15H13FN2O2. The van der Waals surface area contributed by atoms with Gasteiger partial charge in [-0.3, -0.25) is 0 Å². The van der Waals surface area contributed by atoms with E-state index in [-0.39, 0.29) is 17.9 Å². The smallest absolute Gasteiger partial charge is 0.147 e. The van der Waals surface area contributed by atoms with Crippen LogP contribution in [0, 0.1) is 17.1 Å². The lowest BCUT2D eigenvalue weighted by molar-refractivity contribution is 0.194. The number of rotatable bonds is 4. The van der Waals surface area contributed by atoms with E-state index in [0.29, 0.717) is 11.3 Å². The highest BCUT2D eigenvalue weighted by atomic mass is 19.1. The monoisotopic (exact) mass is 272 g/mol. The molecule has 1 aromatic carbocycles. The zero-order chi connectivity index (χ0) is 14.5. The van der Waals surface area contributed by atoms with Crippen molar-refractivity contribution in [3.8, 4) is 11.8 Å². The SMILES string of the molecule is C[C@@H](O)c1ccc(OCc2cccnc2C#N)cc1F. The first-order valence-electron chi connectivity index (χ1n) is 6.06. The van der Waals surface area contributed by atoms with Crippen LogP contribution >= 0.6 is 0 Å². The van der Waals surface area contributed by atoms with Crippen molar-refractivity contribution >= 4 is 0 Å². The van der Waals surface area contributed by atoms with Crippen molar-refractivity contribution in [3.63, 3.8) is 0 Å². The Kier molecular flexibility index (Phi) is 4.28. The summed E-state index contributed by atoms with van der Waals surface area (Å²) >= 11 is 0. The van der Waals surface area contributed by atoms with Gasteiger partial charge in [0.2, 0.25) is 0 Å². The van der Waals surface area contributed by atoms with Gasteiger partial charge in [0.25, 0.3) is 0 Å². The minimum absolute atomic E-state index is 0.129. The molecule has 2 rings (SSSR count). The highest BCUT2D eigenvalue weighted by molar-refractivity contribution is 5.32. The highest BCUT2D eigenvalue weighted by Crippen LogP contribution is 2.22. The van der Waals surface area contributed by atoms with Crippen molar-refractivity contribution in [3.05, 3.63) is 59.2 Å². The Morgan fingerprint density at radius 1 is 1.45 bits per heavy atom. The topological polar surface area (TPSA) is 66.1 Å². The molecule has 5 heteroatoms. The third-order valence-corrected chi connectivity index (χ3v) is 2.81. The van der Waals surface area contributed by atoms with Crippen molar-refractivity contribution < 1.29 is 14.2 Å². The van der Waals surface area contributed by atoms with Crippen LogP contribution in [0.5, 0.6) is 5.75 Å². The second kappa shape index (κ2) is 6.13. The number of pyridine rings is 1. The minimum Gasteiger partial charge on any atom is -0.489 e. The maximum Gasteiger partial charge on any atom is 0.147 e. The van der Waals surface area contributed by atoms with E-state index < -0.39 is 11.9 Å². The zero-order valence-corrected chi connectivity index (χ0v) is 10.9. The van der Waals surface area contributed by atoms with Crippen LogP contribution in [0.15, 0.2) is 36.5 Å².